The van der Waals surface area contributed by atoms with E-state index in [1.54, 1.807) is 30.2 Å². The van der Waals surface area contributed by atoms with Crippen LogP contribution in [0.15, 0.2) is 24.3 Å². The van der Waals surface area contributed by atoms with Gasteiger partial charge in [0.05, 0.1) is 18.6 Å². The normalized spacial score (nSPS) is 21.0. The number of amides is 1. The number of hydrazine groups is 1. The predicted octanol–water partition coefficient (Wildman–Crippen LogP) is 1.48. The molecule has 0 bridgehead atoms. The Balaban J connectivity index is 2.14. The molecule has 1 aliphatic rings. The largest absolute Gasteiger partial charge is 0.383 e. The second kappa shape index (κ2) is 8.22. The fourth-order valence-electron chi connectivity index (χ4n) is 2.79. The summed E-state index contributed by atoms with van der Waals surface area (Å²) in [5, 5.41) is 0. The van der Waals surface area contributed by atoms with Crippen LogP contribution in [0.1, 0.15) is 24.9 Å². The first-order valence-electron chi connectivity index (χ1n) is 7.69. The molecule has 0 aromatic heterocycles. The summed E-state index contributed by atoms with van der Waals surface area (Å²) in [5.74, 6) is -0.578. The Morgan fingerprint density at radius 1 is 1.41 bits per heavy atom. The number of ether oxygens (including phenoxy) is 1. The van der Waals surface area contributed by atoms with Crippen LogP contribution in [0.2, 0.25) is 0 Å². The van der Waals surface area contributed by atoms with Gasteiger partial charge in [-0.25, -0.2) is 9.82 Å². The van der Waals surface area contributed by atoms with Gasteiger partial charge in [-0.1, -0.05) is 25.1 Å². The Morgan fingerprint density at radius 3 is 2.86 bits per heavy atom. The SMILES string of the molecule is CCCN(CCOC)C(=O)C1CNNC1c1ccccc1F. The third kappa shape index (κ3) is 3.82. The minimum Gasteiger partial charge on any atom is -0.383 e. The molecule has 0 saturated carbocycles. The first-order valence-corrected chi connectivity index (χ1v) is 7.69. The first-order chi connectivity index (χ1) is 10.7. The summed E-state index contributed by atoms with van der Waals surface area (Å²) in [5.41, 5.74) is 6.54. The quantitative estimate of drug-likeness (QED) is 0.801. The Labute approximate surface area is 130 Å². The van der Waals surface area contributed by atoms with Gasteiger partial charge in [0.25, 0.3) is 0 Å². The van der Waals surface area contributed by atoms with Crippen LogP contribution in [0.25, 0.3) is 0 Å². The molecule has 1 amide bonds. The lowest BCUT2D eigenvalue weighted by atomic mass is 9.93. The van der Waals surface area contributed by atoms with Crippen molar-refractivity contribution in [1.29, 1.82) is 0 Å². The van der Waals surface area contributed by atoms with Crippen LogP contribution in [-0.4, -0.2) is 44.2 Å². The number of benzene rings is 1. The van der Waals surface area contributed by atoms with Gasteiger partial charge in [-0.15, -0.1) is 0 Å². The lowest BCUT2D eigenvalue weighted by molar-refractivity contribution is -0.136. The first kappa shape index (κ1) is 16.9. The topological polar surface area (TPSA) is 53.6 Å². The summed E-state index contributed by atoms with van der Waals surface area (Å²) in [6.45, 7) is 4.27. The number of nitrogens with zero attached hydrogens (tertiary/aromatic N) is 1. The maximum Gasteiger partial charge on any atom is 0.229 e. The Morgan fingerprint density at radius 2 is 2.18 bits per heavy atom. The van der Waals surface area contributed by atoms with Crippen LogP contribution in [-0.2, 0) is 9.53 Å². The van der Waals surface area contributed by atoms with Crippen molar-refractivity contribution in [2.75, 3.05) is 33.4 Å². The fraction of sp³-hybridized carbons (Fsp3) is 0.562. The molecule has 6 heteroatoms. The summed E-state index contributed by atoms with van der Waals surface area (Å²) in [6, 6.07) is 6.23. The molecule has 5 nitrogen and oxygen atoms in total. The molecule has 122 valence electrons. The number of halogens is 1. The van der Waals surface area contributed by atoms with E-state index in [0.29, 0.717) is 31.8 Å². The van der Waals surface area contributed by atoms with Gasteiger partial charge in [-0.2, -0.15) is 0 Å². The van der Waals surface area contributed by atoms with Crippen LogP contribution >= 0.6 is 0 Å². The molecule has 1 aromatic carbocycles. The molecule has 2 atom stereocenters. The molecule has 1 aromatic rings. The minimum absolute atomic E-state index is 0.0321. The Bertz CT molecular complexity index is 498. The molecule has 1 aliphatic heterocycles. The molecule has 0 spiro atoms. The molecule has 22 heavy (non-hydrogen) atoms. The zero-order chi connectivity index (χ0) is 15.9. The Kier molecular flexibility index (Phi) is 6.30. The molecule has 0 radical (unpaired) electrons. The van der Waals surface area contributed by atoms with Crippen molar-refractivity contribution < 1.29 is 13.9 Å². The van der Waals surface area contributed by atoms with E-state index in [-0.39, 0.29) is 23.7 Å². The van der Waals surface area contributed by atoms with Gasteiger partial charge in [-0.05, 0) is 12.5 Å². The van der Waals surface area contributed by atoms with Gasteiger partial charge in [0.1, 0.15) is 5.82 Å². The van der Waals surface area contributed by atoms with Gasteiger partial charge >= 0.3 is 0 Å². The van der Waals surface area contributed by atoms with E-state index in [9.17, 15) is 9.18 Å². The maximum atomic E-state index is 14.0. The second-order valence-electron chi connectivity index (χ2n) is 5.45. The molecule has 1 saturated heterocycles. The van der Waals surface area contributed by atoms with Crippen molar-refractivity contribution in [1.82, 2.24) is 15.8 Å². The summed E-state index contributed by atoms with van der Waals surface area (Å²) in [4.78, 5) is 14.6. The van der Waals surface area contributed by atoms with Gasteiger partial charge < -0.3 is 9.64 Å². The third-order valence-electron chi connectivity index (χ3n) is 3.91. The van der Waals surface area contributed by atoms with E-state index < -0.39 is 0 Å². The monoisotopic (exact) mass is 309 g/mol. The van der Waals surface area contributed by atoms with E-state index in [2.05, 4.69) is 10.9 Å². The van der Waals surface area contributed by atoms with Gasteiger partial charge in [0.15, 0.2) is 0 Å². The van der Waals surface area contributed by atoms with Crippen LogP contribution in [0, 0.1) is 11.7 Å². The highest BCUT2D eigenvalue weighted by Crippen LogP contribution is 2.28. The summed E-state index contributed by atoms with van der Waals surface area (Å²) < 4.78 is 19.1. The average molecular weight is 309 g/mol. The number of rotatable bonds is 7. The second-order valence-corrected chi connectivity index (χ2v) is 5.45. The molecule has 2 unspecified atom stereocenters. The highest BCUT2D eigenvalue weighted by atomic mass is 19.1. The van der Waals surface area contributed by atoms with Crippen LogP contribution in [0.5, 0.6) is 0 Å². The molecule has 0 aliphatic carbocycles. The predicted molar refractivity (Wildman–Crippen MR) is 82.5 cm³/mol. The van der Waals surface area contributed by atoms with Crippen LogP contribution in [0.3, 0.4) is 0 Å². The van der Waals surface area contributed by atoms with Gasteiger partial charge in [-0.3, -0.25) is 10.2 Å². The van der Waals surface area contributed by atoms with E-state index in [4.69, 9.17) is 4.74 Å². The van der Waals surface area contributed by atoms with Crippen molar-refractivity contribution >= 4 is 5.91 Å². The smallest absolute Gasteiger partial charge is 0.229 e. The minimum atomic E-state index is -0.351. The maximum absolute atomic E-state index is 14.0. The van der Waals surface area contributed by atoms with Gasteiger partial charge in [0.2, 0.25) is 5.91 Å². The average Bonchev–Trinajstić information content (AvgIpc) is 3.00. The number of hydrogen-bond donors (Lipinski definition) is 2. The van der Waals surface area contributed by atoms with Crippen LogP contribution in [0.4, 0.5) is 4.39 Å². The van der Waals surface area contributed by atoms with E-state index >= 15 is 0 Å². The highest BCUT2D eigenvalue weighted by Gasteiger charge is 2.37. The zero-order valence-electron chi connectivity index (χ0n) is 13.1. The van der Waals surface area contributed by atoms with E-state index in [1.165, 1.54) is 6.07 Å². The molecule has 1 fully saturated rings. The fourth-order valence-corrected chi connectivity index (χ4v) is 2.79. The van der Waals surface area contributed by atoms with Crippen molar-refractivity contribution in [3.63, 3.8) is 0 Å². The number of methoxy groups -OCH3 is 1. The van der Waals surface area contributed by atoms with E-state index in [0.717, 1.165) is 6.42 Å². The molecule has 1 heterocycles. The Hall–Kier alpha value is -1.50. The summed E-state index contributed by atoms with van der Waals surface area (Å²) >= 11 is 0. The number of hydrogen-bond acceptors (Lipinski definition) is 4. The summed E-state index contributed by atoms with van der Waals surface area (Å²) in [6.07, 6.45) is 0.882. The lowest BCUT2D eigenvalue weighted by Gasteiger charge is -2.27. The van der Waals surface area contributed by atoms with Crippen LogP contribution < -0.4 is 10.9 Å². The molecule has 2 rings (SSSR count). The molecular weight excluding hydrogens is 285 g/mol. The number of carbonyl (C=O) groups is 1. The van der Waals surface area contributed by atoms with Crippen molar-refractivity contribution in [2.45, 2.75) is 19.4 Å². The number of carbonyl (C=O) groups excluding carboxylic acids is 1. The zero-order valence-corrected chi connectivity index (χ0v) is 13.1. The van der Waals surface area contributed by atoms with Crippen molar-refractivity contribution in [2.24, 2.45) is 5.92 Å². The standard InChI is InChI=1S/C16H24FN3O2/c1-3-8-20(9-10-22-2)16(21)13-11-18-19-15(13)12-6-4-5-7-14(12)17/h4-7,13,15,18-19H,3,8-11H2,1-2H3. The molecular formula is C16H24FN3O2. The van der Waals surface area contributed by atoms with Crippen molar-refractivity contribution in [3.8, 4) is 0 Å². The number of nitrogens with one attached hydrogen (secondary N) is 2. The lowest BCUT2D eigenvalue weighted by Crippen LogP contribution is -2.41. The van der Waals surface area contributed by atoms with Crippen molar-refractivity contribution in [3.05, 3.63) is 35.6 Å². The third-order valence-corrected chi connectivity index (χ3v) is 3.91. The van der Waals surface area contributed by atoms with E-state index in [1.807, 2.05) is 6.92 Å². The molecule has 2 N–H and O–H groups in total. The van der Waals surface area contributed by atoms with Gasteiger partial charge in [0, 0.05) is 32.3 Å². The summed E-state index contributed by atoms with van der Waals surface area (Å²) in [7, 11) is 1.62. The highest BCUT2D eigenvalue weighted by molar-refractivity contribution is 5.80.